The zero-order valence-electron chi connectivity index (χ0n) is 10.9. The molecule has 1 fully saturated rings. The summed E-state index contributed by atoms with van der Waals surface area (Å²) in [6.07, 6.45) is -0.0297. The highest BCUT2D eigenvalue weighted by atomic mass is 16.5. The summed E-state index contributed by atoms with van der Waals surface area (Å²) >= 11 is 0. The molecule has 0 radical (unpaired) electrons. The number of nitrogens with two attached hydrogens (primary N) is 1. The van der Waals surface area contributed by atoms with Crippen LogP contribution in [0.4, 0.5) is 0 Å². The Kier molecular flexibility index (Phi) is 3.56. The molecule has 0 amide bonds. The van der Waals surface area contributed by atoms with Crippen molar-refractivity contribution in [3.05, 3.63) is 0 Å². The molecular formula is C11H23N5O. The first-order valence-electron chi connectivity index (χ1n) is 6.24. The minimum Gasteiger partial charge on any atom is -0.370 e. The lowest BCUT2D eigenvalue weighted by atomic mass is 10.0. The summed E-state index contributed by atoms with van der Waals surface area (Å²) in [5.74, 6) is 0.438. The van der Waals surface area contributed by atoms with Gasteiger partial charge in [0.05, 0.1) is 18.3 Å². The molecule has 0 aromatic heterocycles. The van der Waals surface area contributed by atoms with Crippen molar-refractivity contribution in [3.63, 3.8) is 0 Å². The third-order valence-corrected chi connectivity index (χ3v) is 3.30. The van der Waals surface area contributed by atoms with E-state index in [1.54, 1.807) is 0 Å². The van der Waals surface area contributed by atoms with Gasteiger partial charge in [-0.15, -0.1) is 0 Å². The van der Waals surface area contributed by atoms with Crippen LogP contribution in [-0.2, 0) is 4.74 Å². The topological polar surface area (TPSA) is 83.7 Å². The number of ether oxygens (including phenoxy) is 1. The summed E-state index contributed by atoms with van der Waals surface area (Å²) in [6.45, 7) is 8.31. The maximum atomic E-state index is 5.80. The van der Waals surface area contributed by atoms with E-state index in [0.29, 0.717) is 18.0 Å². The Morgan fingerprint density at radius 2 is 1.88 bits per heavy atom. The Hall–Kier alpha value is -0.850. The van der Waals surface area contributed by atoms with Gasteiger partial charge >= 0.3 is 0 Å². The minimum atomic E-state index is -0.233. The molecule has 2 aliphatic heterocycles. The average molecular weight is 241 g/mol. The lowest BCUT2D eigenvalue weighted by molar-refractivity contribution is -0.0336. The Morgan fingerprint density at radius 3 is 2.53 bits per heavy atom. The van der Waals surface area contributed by atoms with E-state index in [0.717, 1.165) is 0 Å². The molecule has 2 aliphatic rings. The highest BCUT2D eigenvalue weighted by molar-refractivity contribution is 5.79. The second-order valence-corrected chi connectivity index (χ2v) is 5.15. The summed E-state index contributed by atoms with van der Waals surface area (Å²) < 4.78 is 5.80. The van der Waals surface area contributed by atoms with Crippen molar-refractivity contribution >= 4 is 5.96 Å². The first-order chi connectivity index (χ1) is 7.97. The normalized spacial score (nSPS) is 41.7. The van der Waals surface area contributed by atoms with Crippen LogP contribution in [0.2, 0.25) is 0 Å². The highest BCUT2D eigenvalue weighted by Gasteiger charge is 2.40. The number of fused-ring (bicyclic) bond motifs is 1. The largest absolute Gasteiger partial charge is 0.370 e. The number of nitrogens with zero attached hydrogens (tertiary/aromatic N) is 1. The number of guanidine groups is 1. The molecule has 0 bridgehead atoms. The van der Waals surface area contributed by atoms with Crippen LogP contribution in [0.15, 0.2) is 4.99 Å². The average Bonchev–Trinajstić information content (AvgIpc) is 2.20. The van der Waals surface area contributed by atoms with Crippen LogP contribution in [0.3, 0.4) is 0 Å². The van der Waals surface area contributed by atoms with Crippen LogP contribution >= 0.6 is 0 Å². The van der Waals surface area contributed by atoms with Crippen LogP contribution in [0, 0.1) is 0 Å². The summed E-state index contributed by atoms with van der Waals surface area (Å²) in [4.78, 5) is 4.32. The van der Waals surface area contributed by atoms with Gasteiger partial charge in [0, 0.05) is 12.1 Å². The number of rotatable bonds is 2. The molecule has 2 heterocycles. The smallest absolute Gasteiger partial charge is 0.192 e. The van der Waals surface area contributed by atoms with Gasteiger partial charge in [0.15, 0.2) is 12.2 Å². The highest BCUT2D eigenvalue weighted by Crippen LogP contribution is 2.17. The Balaban J connectivity index is 2.13. The maximum absolute atomic E-state index is 5.80. The summed E-state index contributed by atoms with van der Waals surface area (Å²) in [6, 6.07) is 0.871. The van der Waals surface area contributed by atoms with Gasteiger partial charge in [-0.3, -0.25) is 5.32 Å². The predicted molar refractivity (Wildman–Crippen MR) is 67.5 cm³/mol. The van der Waals surface area contributed by atoms with E-state index in [9.17, 15) is 0 Å². The van der Waals surface area contributed by atoms with Gasteiger partial charge in [-0.1, -0.05) is 0 Å². The molecule has 5 unspecified atom stereocenters. The van der Waals surface area contributed by atoms with Gasteiger partial charge in [0.25, 0.3) is 0 Å². The number of piperazine rings is 1. The van der Waals surface area contributed by atoms with Gasteiger partial charge in [0.1, 0.15) is 0 Å². The van der Waals surface area contributed by atoms with Crippen LogP contribution in [0.1, 0.15) is 27.7 Å². The molecule has 6 nitrogen and oxygen atoms in total. The minimum absolute atomic E-state index is 0.0717. The number of hydrogen-bond acceptors (Lipinski definition) is 6. The van der Waals surface area contributed by atoms with Crippen LogP contribution in [0.25, 0.3) is 0 Å². The van der Waals surface area contributed by atoms with Crippen LogP contribution in [0.5, 0.6) is 0 Å². The molecule has 6 heteroatoms. The number of nitrogens with one attached hydrogen (secondary N) is 3. The molecular weight excluding hydrogens is 218 g/mol. The lowest BCUT2D eigenvalue weighted by Crippen LogP contribution is -2.74. The monoisotopic (exact) mass is 241 g/mol. The van der Waals surface area contributed by atoms with Crippen LogP contribution in [-0.4, -0.2) is 42.6 Å². The maximum Gasteiger partial charge on any atom is 0.192 e. The van der Waals surface area contributed by atoms with Crippen molar-refractivity contribution in [3.8, 4) is 0 Å². The molecule has 5 N–H and O–H groups in total. The SMILES string of the molecule is CC(C)OC1N=C(N)NC2NC(C)C(C)NC21. The van der Waals surface area contributed by atoms with E-state index >= 15 is 0 Å². The Bertz CT molecular complexity index is 306. The van der Waals surface area contributed by atoms with E-state index in [1.807, 2.05) is 13.8 Å². The first kappa shape index (κ1) is 12.6. The van der Waals surface area contributed by atoms with Gasteiger partial charge in [0.2, 0.25) is 0 Å². The zero-order valence-corrected chi connectivity index (χ0v) is 10.9. The van der Waals surface area contributed by atoms with Crippen molar-refractivity contribution in [2.45, 2.75) is 64.3 Å². The third kappa shape index (κ3) is 2.70. The number of aliphatic imine (C=N–C) groups is 1. The Labute approximate surface area is 102 Å². The van der Waals surface area contributed by atoms with Crippen molar-refractivity contribution in [1.29, 1.82) is 0 Å². The standard InChI is InChI=1S/C11H23N5O/c1-5(2)17-10-8-9(15-11(12)16-10)14-7(4)6(3)13-8/h5-10,13-14H,1-4H3,(H3,12,15,16). The molecule has 0 saturated carbocycles. The fraction of sp³-hybridized carbons (Fsp3) is 0.909. The van der Waals surface area contributed by atoms with Gasteiger partial charge < -0.3 is 21.1 Å². The first-order valence-corrected chi connectivity index (χ1v) is 6.24. The van der Waals surface area contributed by atoms with E-state index < -0.39 is 0 Å². The van der Waals surface area contributed by atoms with Gasteiger partial charge in [-0.2, -0.15) is 0 Å². The fourth-order valence-corrected chi connectivity index (χ4v) is 2.26. The molecule has 2 rings (SSSR count). The van der Waals surface area contributed by atoms with E-state index in [2.05, 4.69) is 34.8 Å². The summed E-state index contributed by atoms with van der Waals surface area (Å²) in [5, 5.41) is 10.2. The second-order valence-electron chi connectivity index (χ2n) is 5.15. The molecule has 0 aromatic rings. The fourth-order valence-electron chi connectivity index (χ4n) is 2.26. The molecule has 17 heavy (non-hydrogen) atoms. The van der Waals surface area contributed by atoms with E-state index in [1.165, 1.54) is 0 Å². The molecule has 0 aromatic carbocycles. The molecule has 5 atom stereocenters. The molecule has 0 aliphatic carbocycles. The van der Waals surface area contributed by atoms with Gasteiger partial charge in [-0.25, -0.2) is 4.99 Å². The molecule has 98 valence electrons. The number of hydrogen-bond donors (Lipinski definition) is 4. The van der Waals surface area contributed by atoms with Crippen molar-refractivity contribution in [2.75, 3.05) is 0 Å². The summed E-state index contributed by atoms with van der Waals surface area (Å²) in [7, 11) is 0. The van der Waals surface area contributed by atoms with Crippen LogP contribution < -0.4 is 21.7 Å². The van der Waals surface area contributed by atoms with Gasteiger partial charge in [-0.05, 0) is 27.7 Å². The quantitative estimate of drug-likeness (QED) is 0.515. The lowest BCUT2D eigenvalue weighted by Gasteiger charge is -2.46. The third-order valence-electron chi connectivity index (χ3n) is 3.30. The Morgan fingerprint density at radius 1 is 1.24 bits per heavy atom. The second kappa shape index (κ2) is 4.80. The molecule has 0 spiro atoms. The predicted octanol–water partition coefficient (Wildman–Crippen LogP) is -0.680. The van der Waals surface area contributed by atoms with E-state index in [4.69, 9.17) is 10.5 Å². The van der Waals surface area contributed by atoms with Crippen molar-refractivity contribution < 1.29 is 4.74 Å². The van der Waals surface area contributed by atoms with Crippen molar-refractivity contribution in [1.82, 2.24) is 16.0 Å². The van der Waals surface area contributed by atoms with Crippen molar-refractivity contribution in [2.24, 2.45) is 10.7 Å². The summed E-state index contributed by atoms with van der Waals surface area (Å²) in [5.41, 5.74) is 5.78. The molecule has 1 saturated heterocycles. The van der Waals surface area contributed by atoms with E-state index in [-0.39, 0.29) is 24.5 Å². The zero-order chi connectivity index (χ0) is 12.6.